The lowest BCUT2D eigenvalue weighted by molar-refractivity contribution is -0.132. The highest BCUT2D eigenvalue weighted by Gasteiger charge is 2.17. The Balaban J connectivity index is 1.41. The van der Waals surface area contributed by atoms with Crippen LogP contribution in [0.1, 0.15) is 0 Å². The van der Waals surface area contributed by atoms with E-state index in [1.807, 2.05) is 0 Å². The summed E-state index contributed by atoms with van der Waals surface area (Å²) < 4.78 is 2.77. The molecule has 0 saturated carbocycles. The van der Waals surface area contributed by atoms with Crippen LogP contribution in [0.3, 0.4) is 0 Å². The fourth-order valence-corrected chi connectivity index (χ4v) is 2.89. The normalized spacial score (nSPS) is 10.6. The summed E-state index contributed by atoms with van der Waals surface area (Å²) in [6.07, 6.45) is 8.84. The van der Waals surface area contributed by atoms with Crippen LogP contribution in [-0.4, -0.2) is 41.3 Å². The first-order valence-corrected chi connectivity index (χ1v) is 9.20. The van der Waals surface area contributed by atoms with Gasteiger partial charge in [-0.1, -0.05) is 23.2 Å². The average molecular weight is 443 g/mol. The third kappa shape index (κ3) is 4.14. The van der Waals surface area contributed by atoms with Gasteiger partial charge in [-0.05, 0) is 24.3 Å². The molecule has 4 aromatic rings. The molecule has 0 aliphatic heterocycles. The molecule has 10 nitrogen and oxygen atoms in total. The van der Waals surface area contributed by atoms with Crippen LogP contribution in [-0.2, 0) is 9.59 Å². The Morgan fingerprint density at radius 3 is 1.60 bits per heavy atom. The number of amides is 2. The molecule has 0 atom stereocenters. The van der Waals surface area contributed by atoms with Gasteiger partial charge in [0, 0.05) is 12.4 Å². The topological polar surface area (TPSA) is 120 Å². The molecule has 0 aromatic carbocycles. The first-order valence-electron chi connectivity index (χ1n) is 8.45. The fourth-order valence-electron chi connectivity index (χ4n) is 2.47. The van der Waals surface area contributed by atoms with Gasteiger partial charge in [0.15, 0.2) is 11.6 Å². The molecular weight excluding hydrogens is 431 g/mol. The van der Waals surface area contributed by atoms with E-state index >= 15 is 0 Å². The molecule has 2 N–H and O–H groups in total. The van der Waals surface area contributed by atoms with Crippen molar-refractivity contribution < 1.29 is 9.59 Å². The standard InChI is InChI=1S/C18H12Cl2N8O2/c19-13-3-1-5-21-15(13)27-9-11(7-23-27)25-17(29)18(30)26-12-8-24-28(10-12)16-14(20)4-2-6-22-16/h1-10H,(H,25,29)(H,26,30). The highest BCUT2D eigenvalue weighted by molar-refractivity contribution is 6.43. The van der Waals surface area contributed by atoms with Gasteiger partial charge in [-0.25, -0.2) is 19.3 Å². The van der Waals surface area contributed by atoms with Gasteiger partial charge in [-0.15, -0.1) is 0 Å². The highest BCUT2D eigenvalue weighted by atomic mass is 35.5. The van der Waals surface area contributed by atoms with Gasteiger partial charge in [0.2, 0.25) is 0 Å². The summed E-state index contributed by atoms with van der Waals surface area (Å²) in [4.78, 5) is 32.6. The number of nitrogens with one attached hydrogen (secondary N) is 2. The number of carbonyl (C=O) groups excluding carboxylic acids is 2. The van der Waals surface area contributed by atoms with E-state index in [1.165, 1.54) is 34.2 Å². The molecule has 30 heavy (non-hydrogen) atoms. The molecule has 150 valence electrons. The maximum atomic E-state index is 12.2. The predicted molar refractivity (Wildman–Crippen MR) is 110 cm³/mol. The smallest absolute Gasteiger partial charge is 0.314 e. The summed E-state index contributed by atoms with van der Waals surface area (Å²) in [6.45, 7) is 0. The Bertz CT molecular complexity index is 1140. The third-order valence-corrected chi connectivity index (χ3v) is 4.39. The second-order valence-corrected chi connectivity index (χ2v) is 6.69. The van der Waals surface area contributed by atoms with Gasteiger partial charge in [0.25, 0.3) is 0 Å². The van der Waals surface area contributed by atoms with Crippen molar-refractivity contribution in [1.82, 2.24) is 29.5 Å². The maximum absolute atomic E-state index is 12.2. The van der Waals surface area contributed by atoms with Crippen molar-refractivity contribution in [1.29, 1.82) is 0 Å². The Morgan fingerprint density at radius 2 is 1.20 bits per heavy atom. The lowest BCUT2D eigenvalue weighted by atomic mass is 10.4. The lowest BCUT2D eigenvalue weighted by Gasteiger charge is -2.03. The Kier molecular flexibility index (Phi) is 5.42. The molecule has 12 heteroatoms. The van der Waals surface area contributed by atoms with Crippen LogP contribution in [0.15, 0.2) is 61.4 Å². The van der Waals surface area contributed by atoms with Crippen LogP contribution in [0.5, 0.6) is 0 Å². The molecule has 4 rings (SSSR count). The van der Waals surface area contributed by atoms with Crippen molar-refractivity contribution in [3.63, 3.8) is 0 Å². The number of rotatable bonds is 4. The number of hydrogen-bond acceptors (Lipinski definition) is 6. The van der Waals surface area contributed by atoms with Crippen molar-refractivity contribution >= 4 is 46.4 Å². The van der Waals surface area contributed by atoms with Crippen LogP contribution in [0.2, 0.25) is 10.0 Å². The van der Waals surface area contributed by atoms with Gasteiger partial charge in [0.1, 0.15) is 0 Å². The fraction of sp³-hybridized carbons (Fsp3) is 0. The number of pyridine rings is 2. The van der Waals surface area contributed by atoms with Crippen LogP contribution in [0, 0.1) is 0 Å². The molecule has 0 spiro atoms. The van der Waals surface area contributed by atoms with E-state index in [0.29, 0.717) is 33.1 Å². The Labute approximate surface area is 179 Å². The summed E-state index contributed by atoms with van der Waals surface area (Å²) in [7, 11) is 0. The molecule has 0 unspecified atom stereocenters. The molecule has 4 heterocycles. The molecule has 0 fully saturated rings. The van der Waals surface area contributed by atoms with E-state index in [9.17, 15) is 9.59 Å². The maximum Gasteiger partial charge on any atom is 0.314 e. The van der Waals surface area contributed by atoms with Gasteiger partial charge in [0.05, 0.1) is 46.2 Å². The minimum Gasteiger partial charge on any atom is -0.315 e. The molecule has 0 radical (unpaired) electrons. The largest absolute Gasteiger partial charge is 0.315 e. The van der Waals surface area contributed by atoms with E-state index in [4.69, 9.17) is 23.2 Å². The minimum atomic E-state index is -0.884. The van der Waals surface area contributed by atoms with Crippen LogP contribution in [0.25, 0.3) is 11.6 Å². The second kappa shape index (κ2) is 8.31. The molecule has 0 saturated heterocycles. The zero-order valence-corrected chi connectivity index (χ0v) is 16.5. The van der Waals surface area contributed by atoms with Crippen LogP contribution < -0.4 is 10.6 Å². The van der Waals surface area contributed by atoms with E-state index < -0.39 is 11.8 Å². The van der Waals surface area contributed by atoms with E-state index in [0.717, 1.165) is 0 Å². The van der Waals surface area contributed by atoms with Gasteiger partial charge < -0.3 is 10.6 Å². The zero-order chi connectivity index (χ0) is 21.1. The summed E-state index contributed by atoms with van der Waals surface area (Å²) in [5.74, 6) is -0.981. The Hall–Kier alpha value is -3.76. The molecule has 2 amide bonds. The van der Waals surface area contributed by atoms with Crippen LogP contribution >= 0.6 is 23.2 Å². The van der Waals surface area contributed by atoms with Crippen molar-refractivity contribution in [3.05, 3.63) is 71.5 Å². The quantitative estimate of drug-likeness (QED) is 0.468. The predicted octanol–water partition coefficient (Wildman–Crippen LogP) is 2.73. The highest BCUT2D eigenvalue weighted by Crippen LogP contribution is 2.19. The van der Waals surface area contributed by atoms with Gasteiger partial charge >= 0.3 is 11.8 Å². The first-order chi connectivity index (χ1) is 14.5. The molecule has 4 aromatic heterocycles. The number of anilines is 2. The molecular formula is C18H12Cl2N8O2. The van der Waals surface area contributed by atoms with Crippen molar-refractivity contribution in [2.24, 2.45) is 0 Å². The average Bonchev–Trinajstić information content (AvgIpc) is 3.38. The Morgan fingerprint density at radius 1 is 0.767 bits per heavy atom. The second-order valence-electron chi connectivity index (χ2n) is 5.87. The van der Waals surface area contributed by atoms with E-state index in [1.54, 1.807) is 36.7 Å². The number of halogens is 2. The van der Waals surface area contributed by atoms with Crippen molar-refractivity contribution in [2.45, 2.75) is 0 Å². The summed E-state index contributed by atoms with van der Waals surface area (Å²) >= 11 is 12.2. The van der Waals surface area contributed by atoms with Gasteiger partial charge in [-0.2, -0.15) is 10.2 Å². The van der Waals surface area contributed by atoms with E-state index in [-0.39, 0.29) is 0 Å². The SMILES string of the molecule is O=C(Nc1cnn(-c2ncccc2Cl)c1)C(=O)Nc1cnn(-c2ncccc2Cl)c1. The number of aromatic nitrogens is 6. The third-order valence-electron chi connectivity index (χ3n) is 3.80. The first kappa shape index (κ1) is 19.6. The molecule has 0 aliphatic rings. The monoisotopic (exact) mass is 442 g/mol. The van der Waals surface area contributed by atoms with Crippen molar-refractivity contribution in [2.75, 3.05) is 10.6 Å². The van der Waals surface area contributed by atoms with E-state index in [2.05, 4.69) is 30.8 Å². The van der Waals surface area contributed by atoms with Crippen molar-refractivity contribution in [3.8, 4) is 11.6 Å². The summed E-state index contributed by atoms with van der Waals surface area (Å²) in [6, 6.07) is 6.70. The summed E-state index contributed by atoms with van der Waals surface area (Å²) in [5.41, 5.74) is 0.598. The molecule has 0 bridgehead atoms. The number of hydrogen-bond donors (Lipinski definition) is 2. The zero-order valence-electron chi connectivity index (χ0n) is 15.0. The van der Waals surface area contributed by atoms with Crippen LogP contribution in [0.4, 0.5) is 11.4 Å². The number of carbonyl (C=O) groups is 2. The number of nitrogens with zero attached hydrogens (tertiary/aromatic N) is 6. The minimum absolute atomic E-state index is 0.299. The summed E-state index contributed by atoms with van der Waals surface area (Å²) in [5, 5.41) is 13.8. The molecule has 0 aliphatic carbocycles. The lowest BCUT2D eigenvalue weighted by Crippen LogP contribution is -2.28. The van der Waals surface area contributed by atoms with Gasteiger partial charge in [-0.3, -0.25) is 9.59 Å².